The highest BCUT2D eigenvalue weighted by Crippen LogP contribution is 2.32. The van der Waals surface area contributed by atoms with Gasteiger partial charge in [-0.2, -0.15) is 0 Å². The van der Waals surface area contributed by atoms with Crippen molar-refractivity contribution in [2.45, 2.75) is 24.3 Å². The molecular formula is C22H19ClN2O4S2. The lowest BCUT2D eigenvalue weighted by Crippen LogP contribution is -2.30. The van der Waals surface area contributed by atoms with Gasteiger partial charge in [0.25, 0.3) is 0 Å². The molecule has 0 atom stereocenters. The second kappa shape index (κ2) is 9.21. The van der Waals surface area contributed by atoms with Gasteiger partial charge in [-0.25, -0.2) is 13.4 Å². The third-order valence-corrected chi connectivity index (χ3v) is 7.76. The van der Waals surface area contributed by atoms with Crippen molar-refractivity contribution in [2.75, 3.05) is 10.7 Å². The van der Waals surface area contributed by atoms with Gasteiger partial charge in [-0.15, -0.1) is 0 Å². The third kappa shape index (κ3) is 5.15. The number of hydrogen-bond donors (Lipinski definition) is 0. The van der Waals surface area contributed by atoms with Gasteiger partial charge >= 0.3 is 0 Å². The van der Waals surface area contributed by atoms with Crippen LogP contribution in [0.1, 0.15) is 18.6 Å². The summed E-state index contributed by atoms with van der Waals surface area (Å²) in [4.78, 5) is 19.4. The van der Waals surface area contributed by atoms with E-state index in [9.17, 15) is 13.2 Å². The maximum Gasteiger partial charge on any atom is 0.229 e. The van der Waals surface area contributed by atoms with Crippen molar-refractivity contribution in [3.05, 3.63) is 77.7 Å². The first-order valence-corrected chi connectivity index (χ1v) is 12.4. The number of carbonyl (C=O) groups is 1. The monoisotopic (exact) mass is 474 g/mol. The Hall–Kier alpha value is -2.68. The normalized spacial score (nSPS) is 11.6. The first kappa shape index (κ1) is 21.5. The van der Waals surface area contributed by atoms with E-state index in [1.807, 2.05) is 0 Å². The van der Waals surface area contributed by atoms with Crippen LogP contribution in [0.25, 0.3) is 10.2 Å². The molecule has 2 aromatic carbocycles. The average Bonchev–Trinajstić information content (AvgIpc) is 3.41. The number of benzene rings is 2. The SMILES string of the molecule is O=C(CCCS(=O)(=O)c1ccccc1)N(Cc1ccco1)c1nc2ccc(Cl)cc2s1. The van der Waals surface area contributed by atoms with Gasteiger partial charge in [-0.1, -0.05) is 41.1 Å². The van der Waals surface area contributed by atoms with Gasteiger partial charge in [0.05, 0.1) is 33.7 Å². The summed E-state index contributed by atoms with van der Waals surface area (Å²) in [5.41, 5.74) is 0.744. The topological polar surface area (TPSA) is 80.5 Å². The van der Waals surface area contributed by atoms with Gasteiger partial charge in [-0.05, 0) is 48.9 Å². The summed E-state index contributed by atoms with van der Waals surface area (Å²) in [7, 11) is -3.44. The Bertz CT molecular complexity index is 1290. The molecule has 31 heavy (non-hydrogen) atoms. The Labute approximate surface area is 189 Å². The highest BCUT2D eigenvalue weighted by molar-refractivity contribution is 7.91. The highest BCUT2D eigenvalue weighted by Gasteiger charge is 2.22. The maximum absolute atomic E-state index is 13.1. The molecule has 1 amide bonds. The Balaban J connectivity index is 1.51. The standard InChI is InChI=1S/C22H19ClN2O4S2/c23-16-10-11-19-20(14-16)30-22(24-19)25(15-17-6-4-12-29-17)21(26)9-5-13-31(27,28)18-7-2-1-3-8-18/h1-4,6-8,10-12,14H,5,9,13,15H2. The molecule has 2 heterocycles. The summed E-state index contributed by atoms with van der Waals surface area (Å²) in [6, 6.07) is 17.2. The molecule has 6 nitrogen and oxygen atoms in total. The van der Waals surface area contributed by atoms with Crippen molar-refractivity contribution in [3.63, 3.8) is 0 Å². The Kier molecular flexibility index (Phi) is 6.41. The predicted molar refractivity (Wildman–Crippen MR) is 122 cm³/mol. The van der Waals surface area contributed by atoms with E-state index in [-0.39, 0.29) is 35.9 Å². The van der Waals surface area contributed by atoms with E-state index >= 15 is 0 Å². The van der Waals surface area contributed by atoms with Crippen molar-refractivity contribution in [1.29, 1.82) is 0 Å². The van der Waals surface area contributed by atoms with Crippen LogP contribution in [-0.2, 0) is 21.2 Å². The molecule has 160 valence electrons. The first-order chi connectivity index (χ1) is 14.9. The molecule has 9 heteroatoms. The molecule has 0 unspecified atom stereocenters. The second-order valence-electron chi connectivity index (χ2n) is 6.90. The minimum absolute atomic E-state index is 0.0729. The highest BCUT2D eigenvalue weighted by atomic mass is 35.5. The van der Waals surface area contributed by atoms with E-state index in [4.69, 9.17) is 16.0 Å². The van der Waals surface area contributed by atoms with Crippen LogP contribution in [0.4, 0.5) is 5.13 Å². The predicted octanol–water partition coefficient (Wildman–Crippen LogP) is 5.33. The number of rotatable bonds is 8. The van der Waals surface area contributed by atoms with E-state index in [1.54, 1.807) is 66.9 Å². The molecule has 0 aliphatic carbocycles. The lowest BCUT2D eigenvalue weighted by molar-refractivity contribution is -0.118. The zero-order valence-corrected chi connectivity index (χ0v) is 18.8. The van der Waals surface area contributed by atoms with Crippen molar-refractivity contribution in [3.8, 4) is 0 Å². The lowest BCUT2D eigenvalue weighted by Gasteiger charge is -2.18. The number of sulfone groups is 1. The molecule has 0 saturated carbocycles. The fourth-order valence-electron chi connectivity index (χ4n) is 3.12. The number of fused-ring (bicyclic) bond motifs is 1. The molecule has 0 spiro atoms. The summed E-state index contributed by atoms with van der Waals surface area (Å²) in [6.45, 7) is 0.213. The van der Waals surface area contributed by atoms with Crippen LogP contribution in [0.2, 0.25) is 5.02 Å². The number of carbonyl (C=O) groups excluding carboxylic acids is 1. The molecule has 0 fully saturated rings. The molecule has 0 aliphatic rings. The van der Waals surface area contributed by atoms with Gasteiger partial charge in [0.1, 0.15) is 5.76 Å². The Morgan fingerprint density at radius 1 is 1.10 bits per heavy atom. The molecule has 0 bridgehead atoms. The summed E-state index contributed by atoms with van der Waals surface area (Å²) in [5.74, 6) is 0.291. The molecule has 0 saturated heterocycles. The lowest BCUT2D eigenvalue weighted by atomic mass is 10.3. The minimum Gasteiger partial charge on any atom is -0.467 e. The van der Waals surface area contributed by atoms with Crippen LogP contribution >= 0.6 is 22.9 Å². The number of anilines is 1. The summed E-state index contributed by atoms with van der Waals surface area (Å²) in [5, 5.41) is 1.11. The van der Waals surface area contributed by atoms with Crippen molar-refractivity contribution in [1.82, 2.24) is 4.98 Å². The van der Waals surface area contributed by atoms with Crippen LogP contribution in [0.15, 0.2) is 76.2 Å². The number of thiazole rings is 1. The summed E-state index contributed by atoms with van der Waals surface area (Å²) in [6.07, 6.45) is 1.83. The largest absolute Gasteiger partial charge is 0.467 e. The van der Waals surface area contributed by atoms with Gasteiger partial charge in [0.2, 0.25) is 5.91 Å². The van der Waals surface area contributed by atoms with E-state index in [1.165, 1.54) is 16.2 Å². The number of halogens is 1. The average molecular weight is 475 g/mol. The Morgan fingerprint density at radius 2 is 1.90 bits per heavy atom. The molecular weight excluding hydrogens is 456 g/mol. The second-order valence-corrected chi connectivity index (χ2v) is 10.5. The molecule has 0 aliphatic heterocycles. The number of hydrogen-bond acceptors (Lipinski definition) is 6. The van der Waals surface area contributed by atoms with E-state index in [0.717, 1.165) is 10.2 Å². The zero-order valence-electron chi connectivity index (χ0n) is 16.4. The van der Waals surface area contributed by atoms with Crippen molar-refractivity contribution < 1.29 is 17.6 Å². The first-order valence-electron chi connectivity index (χ1n) is 9.59. The molecule has 0 radical (unpaired) electrons. The molecule has 0 N–H and O–H groups in total. The van der Waals surface area contributed by atoms with E-state index < -0.39 is 9.84 Å². The zero-order chi connectivity index (χ0) is 21.8. The van der Waals surface area contributed by atoms with Crippen LogP contribution in [0.5, 0.6) is 0 Å². The van der Waals surface area contributed by atoms with E-state index in [2.05, 4.69) is 4.98 Å². The van der Waals surface area contributed by atoms with Gasteiger partial charge in [0.15, 0.2) is 15.0 Å². The van der Waals surface area contributed by atoms with Gasteiger partial charge in [0, 0.05) is 11.4 Å². The van der Waals surface area contributed by atoms with Gasteiger partial charge in [-0.3, -0.25) is 9.69 Å². The number of furan rings is 1. The van der Waals surface area contributed by atoms with Crippen LogP contribution in [-0.4, -0.2) is 25.1 Å². The fourth-order valence-corrected chi connectivity index (χ4v) is 5.71. The minimum atomic E-state index is -3.44. The van der Waals surface area contributed by atoms with Crippen molar-refractivity contribution in [2.24, 2.45) is 0 Å². The third-order valence-electron chi connectivity index (χ3n) is 4.67. The Morgan fingerprint density at radius 3 is 2.65 bits per heavy atom. The maximum atomic E-state index is 13.1. The summed E-state index contributed by atoms with van der Waals surface area (Å²) < 4.78 is 31.3. The fraction of sp³-hybridized carbons (Fsp3) is 0.182. The quantitative estimate of drug-likeness (QED) is 0.345. The smallest absolute Gasteiger partial charge is 0.229 e. The number of amides is 1. The number of nitrogens with zero attached hydrogens (tertiary/aromatic N) is 2. The van der Waals surface area contributed by atoms with Crippen LogP contribution in [0, 0.1) is 0 Å². The van der Waals surface area contributed by atoms with E-state index in [0.29, 0.717) is 15.9 Å². The van der Waals surface area contributed by atoms with Crippen LogP contribution < -0.4 is 4.90 Å². The molecule has 4 rings (SSSR count). The molecule has 2 aromatic heterocycles. The van der Waals surface area contributed by atoms with Crippen LogP contribution in [0.3, 0.4) is 0 Å². The number of aromatic nitrogens is 1. The molecule has 4 aromatic rings. The van der Waals surface area contributed by atoms with Crippen molar-refractivity contribution >= 4 is 54.0 Å². The van der Waals surface area contributed by atoms with Gasteiger partial charge < -0.3 is 4.42 Å². The summed E-state index contributed by atoms with van der Waals surface area (Å²) >= 11 is 7.43.